The topological polar surface area (TPSA) is 63.2 Å². The highest BCUT2D eigenvalue weighted by Crippen LogP contribution is 2.22. The minimum Gasteiger partial charge on any atom is -0.374 e. The van der Waals surface area contributed by atoms with Crippen molar-refractivity contribution in [1.29, 1.82) is 0 Å². The quantitative estimate of drug-likeness (QED) is 0.870. The summed E-state index contributed by atoms with van der Waals surface area (Å²) in [5, 5.41) is 3.72. The van der Waals surface area contributed by atoms with Gasteiger partial charge in [0, 0.05) is 43.6 Å². The summed E-state index contributed by atoms with van der Waals surface area (Å²) in [5.41, 5.74) is 1.60. The van der Waals surface area contributed by atoms with E-state index < -0.39 is 0 Å². The van der Waals surface area contributed by atoms with Gasteiger partial charge in [0.05, 0.1) is 18.2 Å². The van der Waals surface area contributed by atoms with Crippen LogP contribution < -0.4 is 5.32 Å². The van der Waals surface area contributed by atoms with Crippen LogP contribution in [0.5, 0.6) is 0 Å². The summed E-state index contributed by atoms with van der Waals surface area (Å²) in [6.07, 6.45) is 3.41. The molecule has 23 heavy (non-hydrogen) atoms. The first-order valence-electron chi connectivity index (χ1n) is 7.81. The summed E-state index contributed by atoms with van der Waals surface area (Å²) in [4.78, 5) is 15.4. The van der Waals surface area contributed by atoms with Gasteiger partial charge in [-0.1, -0.05) is 11.6 Å². The number of nitrogens with one attached hydrogen (secondary N) is 1. The number of ether oxygens (including phenoxy) is 1. The minimum absolute atomic E-state index is 0.107. The third-order valence-electron chi connectivity index (χ3n) is 4.01. The van der Waals surface area contributed by atoms with Crippen molar-refractivity contribution >= 4 is 28.5 Å². The average molecular weight is 336 g/mol. The molecule has 1 N–H and O–H groups in total. The lowest BCUT2D eigenvalue weighted by molar-refractivity contribution is -0.0517. The molecule has 2 aromatic rings. The molecule has 3 rings (SSSR count). The molecule has 0 bridgehead atoms. The number of pyridine rings is 1. The maximum atomic E-state index is 6.07. The molecular weight excluding hydrogens is 314 g/mol. The van der Waals surface area contributed by atoms with E-state index in [4.69, 9.17) is 16.3 Å². The number of nitrogens with zero attached hydrogens (tertiary/aromatic N) is 4. The van der Waals surface area contributed by atoms with Crippen molar-refractivity contribution < 1.29 is 4.74 Å². The standard InChI is InChI=1S/C16H22ClN5O/c1-16(2,3)22-6-7-23-11(10-22)9-20-15-14-12(8-13(17)21-15)18-4-5-19-14/h4-5,8,11H,6-7,9-10H2,1-3H3,(H,20,21)/t11-/m1/s1. The van der Waals surface area contributed by atoms with Gasteiger partial charge in [0.15, 0.2) is 5.82 Å². The van der Waals surface area contributed by atoms with Gasteiger partial charge in [0.2, 0.25) is 0 Å². The Kier molecular flexibility index (Phi) is 4.66. The first-order valence-corrected chi connectivity index (χ1v) is 8.19. The molecule has 2 aromatic heterocycles. The number of anilines is 1. The Morgan fingerprint density at radius 3 is 2.91 bits per heavy atom. The highest BCUT2D eigenvalue weighted by atomic mass is 35.5. The zero-order chi connectivity index (χ0) is 16.4. The number of hydrogen-bond acceptors (Lipinski definition) is 6. The number of hydrogen-bond donors (Lipinski definition) is 1. The predicted molar refractivity (Wildman–Crippen MR) is 91.9 cm³/mol. The highest BCUT2D eigenvalue weighted by molar-refractivity contribution is 6.30. The molecule has 124 valence electrons. The number of fused-ring (bicyclic) bond motifs is 1. The fraction of sp³-hybridized carbons (Fsp3) is 0.562. The fourth-order valence-electron chi connectivity index (χ4n) is 2.73. The van der Waals surface area contributed by atoms with E-state index in [9.17, 15) is 0 Å². The van der Waals surface area contributed by atoms with Crippen LogP contribution in [0.2, 0.25) is 5.15 Å². The Morgan fingerprint density at radius 1 is 1.35 bits per heavy atom. The van der Waals surface area contributed by atoms with Gasteiger partial charge in [-0.15, -0.1) is 0 Å². The molecule has 6 nitrogen and oxygen atoms in total. The van der Waals surface area contributed by atoms with Crippen LogP contribution in [0.3, 0.4) is 0 Å². The summed E-state index contributed by atoms with van der Waals surface area (Å²) in [7, 11) is 0. The summed E-state index contributed by atoms with van der Waals surface area (Å²) in [6.45, 7) is 9.93. The molecule has 0 spiro atoms. The molecule has 0 saturated carbocycles. The second kappa shape index (κ2) is 6.55. The van der Waals surface area contributed by atoms with Gasteiger partial charge >= 0.3 is 0 Å². The first kappa shape index (κ1) is 16.4. The SMILES string of the molecule is CC(C)(C)N1CCO[C@H](CNc2nc(Cl)cc3nccnc23)C1. The Morgan fingerprint density at radius 2 is 2.13 bits per heavy atom. The molecular formula is C16H22ClN5O. The van der Waals surface area contributed by atoms with Gasteiger partial charge in [-0.05, 0) is 20.8 Å². The molecule has 7 heteroatoms. The number of rotatable bonds is 3. The average Bonchev–Trinajstić information content (AvgIpc) is 2.52. The summed E-state index contributed by atoms with van der Waals surface area (Å²) < 4.78 is 5.87. The van der Waals surface area contributed by atoms with Crippen molar-refractivity contribution in [3.05, 3.63) is 23.6 Å². The van der Waals surface area contributed by atoms with Crippen LogP contribution >= 0.6 is 11.6 Å². The van der Waals surface area contributed by atoms with Crippen LogP contribution in [0.25, 0.3) is 11.0 Å². The second-order valence-electron chi connectivity index (χ2n) is 6.71. The van der Waals surface area contributed by atoms with Crippen LogP contribution in [0.1, 0.15) is 20.8 Å². The van der Waals surface area contributed by atoms with Crippen LogP contribution in [0.4, 0.5) is 5.82 Å². The van der Waals surface area contributed by atoms with Crippen molar-refractivity contribution in [3.63, 3.8) is 0 Å². The molecule has 0 aromatic carbocycles. The normalized spacial score (nSPS) is 19.9. The Labute approximate surface area is 141 Å². The maximum Gasteiger partial charge on any atom is 0.156 e. The third kappa shape index (κ3) is 3.88. The molecule has 0 amide bonds. The predicted octanol–water partition coefficient (Wildman–Crippen LogP) is 2.59. The van der Waals surface area contributed by atoms with Crippen molar-refractivity contribution in [2.75, 3.05) is 31.6 Å². The smallest absolute Gasteiger partial charge is 0.156 e. The number of aromatic nitrogens is 3. The van der Waals surface area contributed by atoms with E-state index in [1.807, 2.05) is 0 Å². The van der Waals surface area contributed by atoms with Gasteiger partial charge in [-0.2, -0.15) is 0 Å². The molecule has 0 aliphatic carbocycles. The van der Waals surface area contributed by atoms with Crippen LogP contribution in [-0.4, -0.2) is 57.7 Å². The van der Waals surface area contributed by atoms with Gasteiger partial charge in [0.1, 0.15) is 10.7 Å². The van der Waals surface area contributed by atoms with E-state index in [-0.39, 0.29) is 11.6 Å². The van der Waals surface area contributed by atoms with Gasteiger partial charge in [0.25, 0.3) is 0 Å². The molecule has 3 heterocycles. The lowest BCUT2D eigenvalue weighted by Gasteiger charge is -2.41. The first-order chi connectivity index (χ1) is 10.9. The lowest BCUT2D eigenvalue weighted by Crippen LogP contribution is -2.52. The van der Waals surface area contributed by atoms with Gasteiger partial charge < -0.3 is 10.1 Å². The second-order valence-corrected chi connectivity index (χ2v) is 7.10. The van der Waals surface area contributed by atoms with Crippen LogP contribution in [0.15, 0.2) is 18.5 Å². The molecule has 1 saturated heterocycles. The van der Waals surface area contributed by atoms with Crippen molar-refractivity contribution in [1.82, 2.24) is 19.9 Å². The summed E-state index contributed by atoms with van der Waals surface area (Å²) in [6, 6.07) is 1.72. The Hall–Kier alpha value is -1.50. The van der Waals surface area contributed by atoms with E-state index in [2.05, 4.69) is 45.9 Å². The fourth-order valence-corrected chi connectivity index (χ4v) is 2.92. The maximum absolute atomic E-state index is 6.07. The zero-order valence-corrected chi connectivity index (χ0v) is 14.5. The van der Waals surface area contributed by atoms with Gasteiger partial charge in [-0.25, -0.2) is 9.97 Å². The van der Waals surface area contributed by atoms with Crippen LogP contribution in [0, 0.1) is 0 Å². The largest absolute Gasteiger partial charge is 0.374 e. The number of morpholine rings is 1. The Bertz CT molecular complexity index is 688. The van der Waals surface area contributed by atoms with E-state index in [0.717, 1.165) is 30.7 Å². The van der Waals surface area contributed by atoms with Gasteiger partial charge in [-0.3, -0.25) is 9.88 Å². The molecule has 0 unspecified atom stereocenters. The van der Waals surface area contributed by atoms with E-state index >= 15 is 0 Å². The van der Waals surface area contributed by atoms with Crippen molar-refractivity contribution in [2.24, 2.45) is 0 Å². The van der Waals surface area contributed by atoms with Crippen molar-refractivity contribution in [2.45, 2.75) is 32.4 Å². The molecule has 1 atom stereocenters. The monoisotopic (exact) mass is 335 g/mol. The molecule has 1 aliphatic heterocycles. The van der Waals surface area contributed by atoms with E-state index in [0.29, 0.717) is 17.5 Å². The third-order valence-corrected chi connectivity index (χ3v) is 4.20. The van der Waals surface area contributed by atoms with E-state index in [1.165, 1.54) is 0 Å². The highest BCUT2D eigenvalue weighted by Gasteiger charge is 2.28. The molecule has 0 radical (unpaired) electrons. The van der Waals surface area contributed by atoms with E-state index in [1.54, 1.807) is 18.5 Å². The molecule has 1 aliphatic rings. The lowest BCUT2D eigenvalue weighted by atomic mass is 10.0. The summed E-state index contributed by atoms with van der Waals surface area (Å²) >= 11 is 6.07. The van der Waals surface area contributed by atoms with Crippen LogP contribution in [-0.2, 0) is 4.74 Å². The minimum atomic E-state index is 0.107. The Balaban J connectivity index is 1.71. The van der Waals surface area contributed by atoms with Crippen molar-refractivity contribution in [3.8, 4) is 0 Å². The number of halogens is 1. The zero-order valence-electron chi connectivity index (χ0n) is 13.7. The molecule has 1 fully saturated rings. The summed E-state index contributed by atoms with van der Waals surface area (Å²) in [5.74, 6) is 0.650.